The minimum Gasteiger partial charge on any atom is -0.508 e. The first kappa shape index (κ1) is 37.4. The van der Waals surface area contributed by atoms with E-state index in [-0.39, 0.29) is 30.6 Å². The van der Waals surface area contributed by atoms with Gasteiger partial charge in [0, 0.05) is 35.3 Å². The second-order valence-corrected chi connectivity index (χ2v) is 14.7. The van der Waals surface area contributed by atoms with Gasteiger partial charge in [-0.3, -0.25) is 5.32 Å². The van der Waals surface area contributed by atoms with Crippen molar-refractivity contribution in [1.29, 1.82) is 0 Å². The van der Waals surface area contributed by atoms with E-state index in [1.165, 1.54) is 5.56 Å². The van der Waals surface area contributed by atoms with Gasteiger partial charge >= 0.3 is 0 Å². The van der Waals surface area contributed by atoms with Crippen LogP contribution >= 0.6 is 0 Å². The van der Waals surface area contributed by atoms with Gasteiger partial charge in [-0.2, -0.15) is 0 Å². The van der Waals surface area contributed by atoms with Crippen LogP contribution in [0, 0.1) is 0 Å². The highest BCUT2D eigenvalue weighted by Gasteiger charge is 2.39. The van der Waals surface area contributed by atoms with Crippen molar-refractivity contribution in [2.75, 3.05) is 34.1 Å². The summed E-state index contributed by atoms with van der Waals surface area (Å²) in [5, 5.41) is 46.6. The van der Waals surface area contributed by atoms with Gasteiger partial charge in [0.05, 0.1) is 27.1 Å². The number of aromatic nitrogens is 1. The van der Waals surface area contributed by atoms with Gasteiger partial charge < -0.3 is 44.4 Å². The van der Waals surface area contributed by atoms with Crippen molar-refractivity contribution in [2.45, 2.75) is 56.3 Å². The Morgan fingerprint density at radius 2 is 1.70 bits per heavy atom. The number of aromatic amines is 1. The summed E-state index contributed by atoms with van der Waals surface area (Å²) in [5.74, 6) is 1.75. The van der Waals surface area contributed by atoms with E-state index in [9.17, 15) is 20.4 Å². The summed E-state index contributed by atoms with van der Waals surface area (Å²) >= 11 is 0. The van der Waals surface area contributed by atoms with Crippen LogP contribution in [0.4, 0.5) is 0 Å². The average molecular weight is 757 g/mol. The molecule has 3 unspecified atom stereocenters. The smallest absolute Gasteiger partial charge is 0.161 e. The van der Waals surface area contributed by atoms with Crippen LogP contribution in [-0.2, 0) is 36.8 Å². The van der Waals surface area contributed by atoms with Gasteiger partial charge in [0.25, 0.3) is 0 Å². The standard InChI is InChI=1S/C46H48N2O8/c1-47-26-54-43-22-37-38-19-31(17-28-9-13-39-29(16-28)14-15-48-39)36-21-33(51)11-12-35(36)44(38)41(55-34(24-49)25-50)23-40(37)56-46(43)32-18-30(45(52)42(20-32)53-2)10-8-27-6-4-3-5-7-27/h3-7,9,11-16,18,20-21,23,31,34,43,46-52H,8,10,17,19,22,24-26H2,1-2H3. The van der Waals surface area contributed by atoms with E-state index < -0.39 is 18.3 Å². The van der Waals surface area contributed by atoms with E-state index in [4.69, 9.17) is 18.9 Å². The Labute approximate surface area is 326 Å². The zero-order valence-corrected chi connectivity index (χ0v) is 31.6. The molecular formula is C46H48N2O8. The van der Waals surface area contributed by atoms with Gasteiger partial charge in [-0.25, -0.2) is 0 Å². The third-order valence-electron chi connectivity index (χ3n) is 11.2. The summed E-state index contributed by atoms with van der Waals surface area (Å²) in [4.78, 5) is 3.28. The normalized spacial score (nSPS) is 17.3. The van der Waals surface area contributed by atoms with Gasteiger partial charge in [-0.05, 0) is 125 Å². The Morgan fingerprint density at radius 1 is 0.857 bits per heavy atom. The van der Waals surface area contributed by atoms with E-state index in [1.807, 2.05) is 61.8 Å². The Hall–Kier alpha value is -5.52. The minimum absolute atomic E-state index is 0.00903. The molecule has 0 saturated heterocycles. The molecule has 0 saturated carbocycles. The lowest BCUT2D eigenvalue weighted by Crippen LogP contribution is -2.36. The van der Waals surface area contributed by atoms with Crippen molar-refractivity contribution in [2.24, 2.45) is 0 Å². The minimum atomic E-state index is -0.858. The predicted octanol–water partition coefficient (Wildman–Crippen LogP) is 6.89. The highest BCUT2D eigenvalue weighted by Crippen LogP contribution is 2.53. The summed E-state index contributed by atoms with van der Waals surface area (Å²) in [6.07, 6.45) is 3.30. The van der Waals surface area contributed by atoms with E-state index in [0.717, 1.165) is 68.3 Å². The molecule has 1 aliphatic carbocycles. The molecule has 2 aliphatic rings. The lowest BCUT2D eigenvalue weighted by Gasteiger charge is -2.38. The Balaban J connectivity index is 1.23. The quantitative estimate of drug-likeness (QED) is 0.0655. The molecule has 0 spiro atoms. The molecule has 10 heteroatoms. The first-order valence-electron chi connectivity index (χ1n) is 19.2. The molecule has 1 aromatic heterocycles. The van der Waals surface area contributed by atoms with Crippen LogP contribution in [0.2, 0.25) is 0 Å². The zero-order valence-electron chi connectivity index (χ0n) is 31.6. The van der Waals surface area contributed by atoms with Gasteiger partial charge in [-0.15, -0.1) is 0 Å². The van der Waals surface area contributed by atoms with Crippen molar-refractivity contribution in [3.8, 4) is 39.9 Å². The van der Waals surface area contributed by atoms with Crippen LogP contribution in [0.1, 0.15) is 51.0 Å². The molecule has 0 bridgehead atoms. The number of aliphatic hydroxyl groups is 2. The fourth-order valence-electron chi connectivity index (χ4n) is 8.41. The molecule has 5 aromatic carbocycles. The number of aromatic hydroxyl groups is 2. The molecule has 0 fully saturated rings. The SMILES string of the molecule is CNCOC1Cc2c(cc(OC(CO)CO)c3c2CC(Cc2ccc4[nH]ccc4c2)c2cc(O)ccc2-3)OC1c1cc(CCc2ccccc2)c(O)c(OC)c1. The largest absolute Gasteiger partial charge is 0.508 e. The predicted molar refractivity (Wildman–Crippen MR) is 215 cm³/mol. The summed E-state index contributed by atoms with van der Waals surface area (Å²) in [7, 11) is 3.38. The molecule has 1 aliphatic heterocycles. The molecule has 8 rings (SSSR count). The van der Waals surface area contributed by atoms with Gasteiger partial charge in [-0.1, -0.05) is 42.5 Å². The maximum atomic E-state index is 11.2. The van der Waals surface area contributed by atoms with Crippen molar-refractivity contribution in [3.63, 3.8) is 0 Å². The fraction of sp³-hybridized carbons (Fsp3) is 0.304. The lowest BCUT2D eigenvalue weighted by atomic mass is 9.73. The number of phenols is 2. The third kappa shape index (κ3) is 7.41. The number of hydrogen-bond acceptors (Lipinski definition) is 9. The molecule has 10 nitrogen and oxygen atoms in total. The number of H-pyrrole nitrogens is 1. The number of hydrogen-bond donors (Lipinski definition) is 6. The number of ether oxygens (including phenoxy) is 4. The molecule has 6 N–H and O–H groups in total. The van der Waals surface area contributed by atoms with Crippen molar-refractivity contribution >= 4 is 10.9 Å². The maximum absolute atomic E-state index is 11.2. The summed E-state index contributed by atoms with van der Waals surface area (Å²) in [5.41, 5.74) is 9.78. The third-order valence-corrected chi connectivity index (χ3v) is 11.2. The summed E-state index contributed by atoms with van der Waals surface area (Å²) < 4.78 is 25.6. The topological polar surface area (TPSA) is 146 Å². The Bertz CT molecular complexity index is 2320. The highest BCUT2D eigenvalue weighted by molar-refractivity contribution is 5.83. The molecule has 290 valence electrons. The van der Waals surface area contributed by atoms with Crippen molar-refractivity contribution in [3.05, 3.63) is 136 Å². The van der Waals surface area contributed by atoms with E-state index in [0.29, 0.717) is 43.2 Å². The number of rotatable bonds is 14. The van der Waals surface area contributed by atoms with Crippen LogP contribution in [0.15, 0.2) is 97.2 Å². The Kier molecular flexibility index (Phi) is 10.9. The molecule has 6 aromatic rings. The van der Waals surface area contributed by atoms with Crippen molar-refractivity contribution in [1.82, 2.24) is 10.3 Å². The lowest BCUT2D eigenvalue weighted by molar-refractivity contribution is -0.0430. The number of fused-ring (bicyclic) bond motifs is 6. The molecule has 0 amide bonds. The summed E-state index contributed by atoms with van der Waals surface area (Å²) in [6.45, 7) is -0.463. The number of nitrogens with one attached hydrogen (secondary N) is 2. The molecule has 0 radical (unpaired) electrons. The monoisotopic (exact) mass is 756 g/mol. The number of aryl methyl sites for hydroxylation is 2. The highest BCUT2D eigenvalue weighted by atomic mass is 16.6. The Morgan fingerprint density at radius 3 is 2.48 bits per heavy atom. The van der Waals surface area contributed by atoms with Crippen LogP contribution < -0.4 is 19.5 Å². The van der Waals surface area contributed by atoms with Gasteiger partial charge in [0.2, 0.25) is 0 Å². The van der Waals surface area contributed by atoms with E-state index >= 15 is 0 Å². The molecule has 3 atom stereocenters. The first-order valence-corrected chi connectivity index (χ1v) is 19.2. The van der Waals surface area contributed by atoms with Crippen LogP contribution in [0.5, 0.6) is 28.7 Å². The van der Waals surface area contributed by atoms with Crippen molar-refractivity contribution < 1.29 is 39.4 Å². The fourth-order valence-corrected chi connectivity index (χ4v) is 8.41. The number of phenolic OH excluding ortho intramolecular Hbond substituents is 2. The molecule has 2 heterocycles. The zero-order chi connectivity index (χ0) is 38.8. The first-order chi connectivity index (χ1) is 27.4. The second-order valence-electron chi connectivity index (χ2n) is 14.7. The van der Waals surface area contributed by atoms with E-state index in [1.54, 1.807) is 13.2 Å². The second kappa shape index (κ2) is 16.3. The van der Waals surface area contributed by atoms with Crippen LogP contribution in [-0.4, -0.2) is 71.7 Å². The van der Waals surface area contributed by atoms with Crippen LogP contribution in [0.3, 0.4) is 0 Å². The molecule has 56 heavy (non-hydrogen) atoms. The number of methoxy groups -OCH3 is 1. The maximum Gasteiger partial charge on any atom is 0.161 e. The van der Waals surface area contributed by atoms with E-state index in [2.05, 4.69) is 46.7 Å². The summed E-state index contributed by atoms with van der Waals surface area (Å²) in [6, 6.07) is 29.8. The number of aliphatic hydroxyl groups excluding tert-OH is 2. The number of benzene rings is 5. The van der Waals surface area contributed by atoms with Crippen LogP contribution in [0.25, 0.3) is 22.0 Å². The molecular weight excluding hydrogens is 709 g/mol. The average Bonchev–Trinajstić information content (AvgIpc) is 3.70. The van der Waals surface area contributed by atoms with Gasteiger partial charge in [0.15, 0.2) is 17.6 Å². The van der Waals surface area contributed by atoms with Gasteiger partial charge in [0.1, 0.15) is 29.5 Å².